The number of aliphatic hydroxyl groups excluding tert-OH is 1. The summed E-state index contributed by atoms with van der Waals surface area (Å²) in [7, 11) is 0. The smallest absolute Gasteiger partial charge is 0.212 e. The molecule has 1 atom stereocenters. The molecule has 3 heteroatoms. The largest absolute Gasteiger partial charge is 0.389 e. The van der Waals surface area contributed by atoms with Crippen LogP contribution in [-0.4, -0.2) is 16.9 Å². The highest BCUT2D eigenvalue weighted by atomic mass is 16.7. The number of benzene rings is 3. The lowest BCUT2D eigenvalue weighted by Crippen LogP contribution is -2.31. The second-order valence-electron chi connectivity index (χ2n) is 7.03. The Balaban J connectivity index is 1.91. The first-order valence-corrected chi connectivity index (χ1v) is 9.48. The molecular weight excluding hydrogens is 346 g/mol. The number of oxime groups is 1. The van der Waals surface area contributed by atoms with Crippen molar-refractivity contribution in [3.63, 3.8) is 0 Å². The van der Waals surface area contributed by atoms with E-state index in [0.29, 0.717) is 6.42 Å². The van der Waals surface area contributed by atoms with Crippen LogP contribution >= 0.6 is 0 Å². The summed E-state index contributed by atoms with van der Waals surface area (Å²) in [5.41, 5.74) is 3.84. The first-order chi connectivity index (χ1) is 13.7. The van der Waals surface area contributed by atoms with Crippen LogP contribution in [0.2, 0.25) is 0 Å². The zero-order chi connectivity index (χ0) is 19.4. The van der Waals surface area contributed by atoms with Gasteiger partial charge in [0, 0.05) is 23.1 Å². The Kier molecular flexibility index (Phi) is 5.09. The molecule has 0 spiro atoms. The lowest BCUT2D eigenvalue weighted by atomic mass is 9.80. The minimum Gasteiger partial charge on any atom is -0.389 e. The van der Waals surface area contributed by atoms with Crippen LogP contribution in [0.1, 0.15) is 30.0 Å². The molecule has 4 rings (SSSR count). The molecule has 140 valence electrons. The first kappa shape index (κ1) is 18.2. The normalized spacial score (nSPS) is 18.1. The molecule has 0 saturated heterocycles. The monoisotopic (exact) mass is 369 g/mol. The number of nitrogens with zero attached hydrogens (tertiary/aromatic N) is 1. The minimum absolute atomic E-state index is 0.473. The van der Waals surface area contributed by atoms with Crippen molar-refractivity contribution in [2.75, 3.05) is 0 Å². The Morgan fingerprint density at radius 2 is 1.21 bits per heavy atom. The van der Waals surface area contributed by atoms with Gasteiger partial charge in [0.2, 0.25) is 5.60 Å². The molecule has 0 aliphatic heterocycles. The highest BCUT2D eigenvalue weighted by Gasteiger charge is 2.39. The molecule has 1 aliphatic carbocycles. The van der Waals surface area contributed by atoms with E-state index >= 15 is 0 Å². The van der Waals surface area contributed by atoms with Crippen LogP contribution in [0.25, 0.3) is 0 Å². The van der Waals surface area contributed by atoms with Crippen LogP contribution < -0.4 is 0 Å². The molecule has 1 aliphatic rings. The fraction of sp³-hybridized carbons (Fsp3) is 0.160. The summed E-state index contributed by atoms with van der Waals surface area (Å²) in [5, 5.41) is 14.5. The molecule has 0 unspecified atom stereocenters. The summed E-state index contributed by atoms with van der Waals surface area (Å²) in [5.74, 6) is 0. The second-order valence-corrected chi connectivity index (χ2v) is 7.03. The van der Waals surface area contributed by atoms with E-state index in [9.17, 15) is 5.11 Å². The molecule has 3 aromatic rings. The van der Waals surface area contributed by atoms with Crippen molar-refractivity contribution in [3.05, 3.63) is 119 Å². The lowest BCUT2D eigenvalue weighted by molar-refractivity contribution is 0.0167. The number of aliphatic hydroxyl groups is 1. The van der Waals surface area contributed by atoms with Gasteiger partial charge in [-0.25, -0.2) is 0 Å². The zero-order valence-electron chi connectivity index (χ0n) is 15.8. The molecule has 28 heavy (non-hydrogen) atoms. The van der Waals surface area contributed by atoms with Crippen LogP contribution in [0.15, 0.2) is 108 Å². The van der Waals surface area contributed by atoms with Crippen molar-refractivity contribution in [2.24, 2.45) is 5.16 Å². The fourth-order valence-electron chi connectivity index (χ4n) is 3.71. The SMILES string of the molecule is CC1=C[C@@H](O)C/C1=N\OC(c1ccccc1)(c1ccccc1)c1ccccc1. The van der Waals surface area contributed by atoms with Crippen LogP contribution in [-0.2, 0) is 10.4 Å². The zero-order valence-corrected chi connectivity index (χ0v) is 15.8. The standard InChI is InChI=1S/C25H23NO2/c1-19-17-23(27)18-24(19)26-28-25(20-11-5-2-6-12-20,21-13-7-3-8-14-21)22-15-9-4-10-16-22/h2-17,23,27H,18H2,1H3/b26-24+/t23-/m1/s1. The Morgan fingerprint density at radius 1 is 0.786 bits per heavy atom. The lowest BCUT2D eigenvalue weighted by Gasteiger charge is -2.33. The topological polar surface area (TPSA) is 41.8 Å². The molecule has 0 saturated carbocycles. The van der Waals surface area contributed by atoms with E-state index in [1.165, 1.54) is 0 Å². The maximum absolute atomic E-state index is 9.94. The maximum Gasteiger partial charge on any atom is 0.212 e. The summed E-state index contributed by atoms with van der Waals surface area (Å²) in [4.78, 5) is 6.43. The highest BCUT2D eigenvalue weighted by Crippen LogP contribution is 2.41. The van der Waals surface area contributed by atoms with Gasteiger partial charge in [0.15, 0.2) is 0 Å². The van der Waals surface area contributed by atoms with Gasteiger partial charge < -0.3 is 9.94 Å². The van der Waals surface area contributed by atoms with Gasteiger partial charge in [0.25, 0.3) is 0 Å². The van der Waals surface area contributed by atoms with E-state index in [0.717, 1.165) is 28.0 Å². The number of hydrogen-bond acceptors (Lipinski definition) is 3. The van der Waals surface area contributed by atoms with Gasteiger partial charge in [0.1, 0.15) is 0 Å². The summed E-state index contributed by atoms with van der Waals surface area (Å²) >= 11 is 0. The quantitative estimate of drug-likeness (QED) is 0.504. The number of rotatable bonds is 5. The van der Waals surface area contributed by atoms with Gasteiger partial charge >= 0.3 is 0 Å². The van der Waals surface area contributed by atoms with Gasteiger partial charge in [-0.3, -0.25) is 0 Å². The Bertz CT molecular complexity index is 882. The van der Waals surface area contributed by atoms with Crippen molar-refractivity contribution >= 4 is 5.71 Å². The second kappa shape index (κ2) is 7.83. The van der Waals surface area contributed by atoms with Crippen molar-refractivity contribution in [1.82, 2.24) is 0 Å². The Labute approximate surface area is 165 Å². The fourth-order valence-corrected chi connectivity index (χ4v) is 3.71. The van der Waals surface area contributed by atoms with Crippen molar-refractivity contribution in [1.29, 1.82) is 0 Å². The van der Waals surface area contributed by atoms with Crippen LogP contribution in [0, 0.1) is 0 Å². The van der Waals surface area contributed by atoms with Gasteiger partial charge in [-0.05, 0) is 12.5 Å². The third-order valence-corrected chi connectivity index (χ3v) is 5.13. The number of allylic oxidation sites excluding steroid dienone is 1. The van der Waals surface area contributed by atoms with E-state index in [-0.39, 0.29) is 0 Å². The average molecular weight is 369 g/mol. The molecule has 3 aromatic carbocycles. The van der Waals surface area contributed by atoms with Gasteiger partial charge in [0.05, 0.1) is 11.8 Å². The van der Waals surface area contributed by atoms with Crippen molar-refractivity contribution < 1.29 is 9.94 Å². The van der Waals surface area contributed by atoms with Crippen molar-refractivity contribution in [2.45, 2.75) is 25.0 Å². The minimum atomic E-state index is -0.884. The van der Waals surface area contributed by atoms with Crippen LogP contribution in [0.5, 0.6) is 0 Å². The molecule has 0 radical (unpaired) electrons. The molecule has 3 nitrogen and oxygen atoms in total. The summed E-state index contributed by atoms with van der Waals surface area (Å²) < 4.78 is 0. The van der Waals surface area contributed by atoms with E-state index < -0.39 is 11.7 Å². The predicted molar refractivity (Wildman–Crippen MR) is 112 cm³/mol. The van der Waals surface area contributed by atoms with Crippen LogP contribution in [0.3, 0.4) is 0 Å². The average Bonchev–Trinajstić information content (AvgIpc) is 3.08. The van der Waals surface area contributed by atoms with Crippen LogP contribution in [0.4, 0.5) is 0 Å². The Hall–Kier alpha value is -3.17. The molecule has 0 aromatic heterocycles. The van der Waals surface area contributed by atoms with E-state index in [1.54, 1.807) is 0 Å². The van der Waals surface area contributed by atoms with Gasteiger partial charge in [-0.15, -0.1) is 0 Å². The predicted octanol–water partition coefficient (Wildman–Crippen LogP) is 5.06. The van der Waals surface area contributed by atoms with Gasteiger partial charge in [-0.1, -0.05) is 102 Å². The maximum atomic E-state index is 9.94. The molecule has 1 N–H and O–H groups in total. The summed E-state index contributed by atoms with van der Waals surface area (Å²) in [6.45, 7) is 1.95. The Morgan fingerprint density at radius 3 is 1.57 bits per heavy atom. The molecule has 0 fully saturated rings. The molecular formula is C25H23NO2. The molecule has 0 bridgehead atoms. The molecule has 0 heterocycles. The van der Waals surface area contributed by atoms with E-state index in [2.05, 4.69) is 41.6 Å². The van der Waals surface area contributed by atoms with E-state index in [4.69, 9.17) is 4.84 Å². The summed E-state index contributed by atoms with van der Waals surface area (Å²) in [6, 6.07) is 30.4. The van der Waals surface area contributed by atoms with E-state index in [1.807, 2.05) is 67.6 Å². The van der Waals surface area contributed by atoms with Crippen molar-refractivity contribution in [3.8, 4) is 0 Å². The summed E-state index contributed by atoms with van der Waals surface area (Å²) in [6.07, 6.45) is 1.79. The molecule has 0 amide bonds. The third-order valence-electron chi connectivity index (χ3n) is 5.13. The van der Waals surface area contributed by atoms with Gasteiger partial charge in [-0.2, -0.15) is 0 Å². The first-order valence-electron chi connectivity index (χ1n) is 9.48. The third kappa shape index (κ3) is 3.37. The highest BCUT2D eigenvalue weighted by molar-refractivity contribution is 6.02. The number of hydrogen-bond donors (Lipinski definition) is 1.